The molecule has 0 aromatic carbocycles. The maximum atomic E-state index is 2.47. The molecule has 0 spiro atoms. The Hall–Kier alpha value is 0. The van der Waals surface area contributed by atoms with Crippen molar-refractivity contribution in [2.75, 3.05) is 0 Å². The Morgan fingerprint density at radius 2 is 1.50 bits per heavy atom. The summed E-state index contributed by atoms with van der Waals surface area (Å²) in [6, 6.07) is 0. The molecule has 96 valence electrons. The van der Waals surface area contributed by atoms with Gasteiger partial charge < -0.3 is 0 Å². The third-order valence-corrected chi connectivity index (χ3v) is 5.19. The number of hydrogen-bond donors (Lipinski definition) is 0. The van der Waals surface area contributed by atoms with E-state index >= 15 is 0 Å². The normalized spacial score (nSPS) is 30.8. The van der Waals surface area contributed by atoms with Gasteiger partial charge in [0, 0.05) is 0 Å². The van der Waals surface area contributed by atoms with Gasteiger partial charge in [-0.3, -0.25) is 0 Å². The van der Waals surface area contributed by atoms with Crippen molar-refractivity contribution in [3.63, 3.8) is 0 Å². The van der Waals surface area contributed by atoms with Crippen LogP contribution in [0.3, 0.4) is 0 Å². The first-order valence-electron chi connectivity index (χ1n) is 7.65. The average Bonchev–Trinajstić information content (AvgIpc) is 2.88. The van der Waals surface area contributed by atoms with E-state index in [1.54, 1.807) is 0 Å². The zero-order chi connectivity index (χ0) is 12.1. The summed E-state index contributed by atoms with van der Waals surface area (Å²) in [5.74, 6) is 5.12. The Labute approximate surface area is 103 Å². The van der Waals surface area contributed by atoms with Gasteiger partial charge in [-0.05, 0) is 36.0 Å². The summed E-state index contributed by atoms with van der Waals surface area (Å²) < 4.78 is 0. The molecule has 16 heavy (non-hydrogen) atoms. The molecule has 0 aromatic heterocycles. The van der Waals surface area contributed by atoms with Crippen molar-refractivity contribution in [3.05, 3.63) is 0 Å². The van der Waals surface area contributed by atoms with Crippen LogP contribution in [0.4, 0.5) is 0 Å². The lowest BCUT2D eigenvalue weighted by atomic mass is 9.85. The molecule has 0 bridgehead atoms. The molecule has 0 amide bonds. The van der Waals surface area contributed by atoms with Gasteiger partial charge in [-0.1, -0.05) is 66.7 Å². The van der Waals surface area contributed by atoms with Crippen LogP contribution >= 0.6 is 0 Å². The van der Waals surface area contributed by atoms with Crippen LogP contribution in [0.5, 0.6) is 0 Å². The molecule has 4 unspecified atom stereocenters. The zero-order valence-electron chi connectivity index (χ0n) is 12.1. The summed E-state index contributed by atoms with van der Waals surface area (Å²) >= 11 is 0. The van der Waals surface area contributed by atoms with Crippen molar-refractivity contribution < 1.29 is 0 Å². The fraction of sp³-hybridized carbons (Fsp3) is 1.00. The van der Waals surface area contributed by atoms with Crippen molar-refractivity contribution in [2.45, 2.75) is 73.1 Å². The quantitative estimate of drug-likeness (QED) is 0.509. The van der Waals surface area contributed by atoms with Gasteiger partial charge in [0.05, 0.1) is 0 Å². The van der Waals surface area contributed by atoms with Gasteiger partial charge in [-0.25, -0.2) is 0 Å². The SMILES string of the molecule is CCCC1C(C)C1CCC(C)C(CC)CC. The van der Waals surface area contributed by atoms with Crippen LogP contribution in [-0.2, 0) is 0 Å². The minimum Gasteiger partial charge on any atom is -0.0654 e. The predicted octanol–water partition coefficient (Wildman–Crippen LogP) is 5.52. The van der Waals surface area contributed by atoms with E-state index in [-0.39, 0.29) is 0 Å². The van der Waals surface area contributed by atoms with Crippen LogP contribution in [0.15, 0.2) is 0 Å². The third-order valence-electron chi connectivity index (χ3n) is 5.19. The Kier molecular flexibility index (Phi) is 5.86. The van der Waals surface area contributed by atoms with Gasteiger partial charge in [0.2, 0.25) is 0 Å². The summed E-state index contributed by atoms with van der Waals surface area (Å²) in [4.78, 5) is 0. The summed E-state index contributed by atoms with van der Waals surface area (Å²) in [6.07, 6.45) is 8.58. The second kappa shape index (κ2) is 6.67. The van der Waals surface area contributed by atoms with Gasteiger partial charge in [0.25, 0.3) is 0 Å². The van der Waals surface area contributed by atoms with Crippen LogP contribution in [0.2, 0.25) is 0 Å². The highest BCUT2D eigenvalue weighted by Gasteiger charge is 2.44. The Morgan fingerprint density at radius 3 is 2.00 bits per heavy atom. The average molecular weight is 224 g/mol. The first-order valence-corrected chi connectivity index (χ1v) is 7.65. The van der Waals surface area contributed by atoms with E-state index < -0.39 is 0 Å². The molecule has 0 heteroatoms. The molecule has 1 rings (SSSR count). The van der Waals surface area contributed by atoms with E-state index in [1.807, 2.05) is 0 Å². The first kappa shape index (κ1) is 14.1. The second-order valence-corrected chi connectivity index (χ2v) is 6.11. The minimum atomic E-state index is 0.949. The van der Waals surface area contributed by atoms with Crippen molar-refractivity contribution in [2.24, 2.45) is 29.6 Å². The van der Waals surface area contributed by atoms with Crippen LogP contribution in [0.25, 0.3) is 0 Å². The Morgan fingerprint density at radius 1 is 0.938 bits per heavy atom. The second-order valence-electron chi connectivity index (χ2n) is 6.11. The Balaban J connectivity index is 2.20. The molecule has 0 nitrogen and oxygen atoms in total. The summed E-state index contributed by atoms with van der Waals surface area (Å²) in [6.45, 7) is 12.0. The maximum Gasteiger partial charge on any atom is -0.0355 e. The van der Waals surface area contributed by atoms with Crippen LogP contribution in [0.1, 0.15) is 73.1 Å². The van der Waals surface area contributed by atoms with E-state index in [0.29, 0.717) is 0 Å². The number of rotatable bonds is 8. The first-order chi connectivity index (χ1) is 7.65. The summed E-state index contributed by atoms with van der Waals surface area (Å²) in [7, 11) is 0. The van der Waals surface area contributed by atoms with E-state index in [9.17, 15) is 0 Å². The molecular weight excluding hydrogens is 192 g/mol. The van der Waals surface area contributed by atoms with Crippen molar-refractivity contribution >= 4 is 0 Å². The lowest BCUT2D eigenvalue weighted by molar-refractivity contribution is 0.304. The fourth-order valence-electron chi connectivity index (χ4n) is 3.71. The monoisotopic (exact) mass is 224 g/mol. The van der Waals surface area contributed by atoms with Gasteiger partial charge in [0.1, 0.15) is 0 Å². The Bertz CT molecular complexity index is 180. The lowest BCUT2D eigenvalue weighted by Gasteiger charge is -2.21. The van der Waals surface area contributed by atoms with Crippen LogP contribution in [-0.4, -0.2) is 0 Å². The smallest absolute Gasteiger partial charge is 0.0355 e. The van der Waals surface area contributed by atoms with Gasteiger partial charge >= 0.3 is 0 Å². The predicted molar refractivity (Wildman–Crippen MR) is 73.5 cm³/mol. The molecule has 4 atom stereocenters. The van der Waals surface area contributed by atoms with E-state index in [2.05, 4.69) is 34.6 Å². The van der Waals surface area contributed by atoms with E-state index in [0.717, 1.165) is 29.6 Å². The van der Waals surface area contributed by atoms with Gasteiger partial charge in [0.15, 0.2) is 0 Å². The van der Waals surface area contributed by atoms with Crippen LogP contribution < -0.4 is 0 Å². The molecule has 1 aliphatic carbocycles. The van der Waals surface area contributed by atoms with Crippen LogP contribution in [0, 0.1) is 29.6 Å². The standard InChI is InChI=1S/C16H32/c1-6-9-15-13(5)16(15)11-10-12(4)14(7-2)8-3/h12-16H,6-11H2,1-5H3. The molecule has 1 fully saturated rings. The highest BCUT2D eigenvalue weighted by Crippen LogP contribution is 2.52. The molecule has 0 aromatic rings. The van der Waals surface area contributed by atoms with E-state index in [4.69, 9.17) is 0 Å². The molecule has 1 aliphatic rings. The number of hydrogen-bond acceptors (Lipinski definition) is 0. The summed E-state index contributed by atoms with van der Waals surface area (Å²) in [5, 5.41) is 0. The molecule has 0 radical (unpaired) electrons. The van der Waals surface area contributed by atoms with Crippen molar-refractivity contribution in [1.82, 2.24) is 0 Å². The largest absolute Gasteiger partial charge is 0.0654 e. The molecular formula is C16H32. The molecule has 1 saturated carbocycles. The van der Waals surface area contributed by atoms with Crippen molar-refractivity contribution in [3.8, 4) is 0 Å². The van der Waals surface area contributed by atoms with Crippen molar-refractivity contribution in [1.29, 1.82) is 0 Å². The highest BCUT2D eigenvalue weighted by molar-refractivity contribution is 4.93. The highest BCUT2D eigenvalue weighted by atomic mass is 14.5. The lowest BCUT2D eigenvalue weighted by Crippen LogP contribution is -2.10. The third kappa shape index (κ3) is 3.50. The topological polar surface area (TPSA) is 0 Å². The van der Waals surface area contributed by atoms with Gasteiger partial charge in [-0.15, -0.1) is 0 Å². The molecule has 0 aliphatic heterocycles. The minimum absolute atomic E-state index is 0.949. The van der Waals surface area contributed by atoms with Gasteiger partial charge in [-0.2, -0.15) is 0 Å². The summed E-state index contributed by atoms with van der Waals surface area (Å²) in [5.41, 5.74) is 0. The molecule has 0 heterocycles. The van der Waals surface area contributed by atoms with E-state index in [1.165, 1.54) is 38.5 Å². The maximum absolute atomic E-state index is 2.47. The molecule has 0 saturated heterocycles. The fourth-order valence-corrected chi connectivity index (χ4v) is 3.71. The molecule has 0 N–H and O–H groups in total. The zero-order valence-corrected chi connectivity index (χ0v) is 12.1.